The fourth-order valence-corrected chi connectivity index (χ4v) is 1.48. The maximum absolute atomic E-state index is 5.19. The molecule has 0 aliphatic carbocycles. The van der Waals surface area contributed by atoms with E-state index in [-0.39, 0.29) is 0 Å². The molecule has 2 nitrogen and oxygen atoms in total. The molecule has 0 bridgehead atoms. The molecular formula is C10H16N2S. The minimum Gasteiger partial charge on any atom is -0.347 e. The van der Waals surface area contributed by atoms with Gasteiger partial charge in [-0.15, -0.1) is 0 Å². The Hall–Kier alpha value is -0.700. The third kappa shape index (κ3) is 2.62. The predicted molar refractivity (Wildman–Crippen MR) is 57.5 cm³/mol. The van der Waals surface area contributed by atoms with E-state index in [0.717, 1.165) is 34.6 Å². The summed E-state index contributed by atoms with van der Waals surface area (Å²) in [5.74, 6) is 0. The Morgan fingerprint density at radius 3 is 2.69 bits per heavy atom. The summed E-state index contributed by atoms with van der Waals surface area (Å²) >= 11 is 5.19. The second-order valence-electron chi connectivity index (χ2n) is 3.33. The number of hydrogen-bond donors (Lipinski definition) is 1. The molecule has 1 N–H and O–H groups in total. The molecule has 0 aliphatic heterocycles. The fraction of sp³-hybridized carbons (Fsp3) is 0.600. The number of nitrogens with zero attached hydrogens (tertiary/aromatic N) is 1. The zero-order valence-electron chi connectivity index (χ0n) is 8.48. The molecule has 13 heavy (non-hydrogen) atoms. The van der Waals surface area contributed by atoms with E-state index in [2.05, 4.69) is 16.9 Å². The van der Waals surface area contributed by atoms with Gasteiger partial charge in [0.1, 0.15) is 4.64 Å². The molecule has 1 aromatic heterocycles. The molecule has 1 aromatic rings. The van der Waals surface area contributed by atoms with E-state index in [9.17, 15) is 0 Å². The highest BCUT2D eigenvalue weighted by Gasteiger charge is 2.00. The predicted octanol–water partition coefficient (Wildman–Crippen LogP) is 3.10. The van der Waals surface area contributed by atoms with Crippen molar-refractivity contribution in [2.24, 2.45) is 0 Å². The van der Waals surface area contributed by atoms with Crippen LogP contribution in [0.25, 0.3) is 0 Å². The van der Waals surface area contributed by atoms with Crippen molar-refractivity contribution in [1.29, 1.82) is 0 Å². The van der Waals surface area contributed by atoms with Crippen molar-refractivity contribution in [1.82, 2.24) is 9.97 Å². The van der Waals surface area contributed by atoms with Crippen molar-refractivity contribution in [3.63, 3.8) is 0 Å². The van der Waals surface area contributed by atoms with E-state index < -0.39 is 0 Å². The molecule has 0 aliphatic rings. The zero-order valence-corrected chi connectivity index (χ0v) is 9.29. The minimum atomic E-state index is 0.802. The second-order valence-corrected chi connectivity index (χ2v) is 3.73. The minimum absolute atomic E-state index is 0.802. The highest BCUT2D eigenvalue weighted by molar-refractivity contribution is 7.71. The van der Waals surface area contributed by atoms with E-state index >= 15 is 0 Å². The first kappa shape index (κ1) is 10.4. The maximum Gasteiger partial charge on any atom is 0.125 e. The van der Waals surface area contributed by atoms with Crippen molar-refractivity contribution in [3.05, 3.63) is 21.7 Å². The summed E-state index contributed by atoms with van der Waals surface area (Å²) in [5, 5.41) is 0. The van der Waals surface area contributed by atoms with Crippen molar-refractivity contribution in [2.75, 3.05) is 0 Å². The summed E-state index contributed by atoms with van der Waals surface area (Å²) < 4.78 is 0.802. The number of aryl methyl sites for hydroxylation is 3. The molecule has 0 spiro atoms. The Morgan fingerprint density at radius 1 is 1.38 bits per heavy atom. The van der Waals surface area contributed by atoms with Crippen LogP contribution in [-0.4, -0.2) is 9.97 Å². The number of hydrogen-bond acceptors (Lipinski definition) is 2. The van der Waals surface area contributed by atoms with Gasteiger partial charge in [-0.25, -0.2) is 0 Å². The summed E-state index contributed by atoms with van der Waals surface area (Å²) in [4.78, 5) is 7.64. The van der Waals surface area contributed by atoms with E-state index in [0.29, 0.717) is 0 Å². The Labute approximate surface area is 84.4 Å². The van der Waals surface area contributed by atoms with Crippen molar-refractivity contribution < 1.29 is 0 Å². The fourth-order valence-electron chi connectivity index (χ4n) is 1.18. The molecular weight excluding hydrogens is 180 g/mol. The third-order valence-corrected chi connectivity index (χ3v) is 2.51. The number of H-pyrrole nitrogens is 1. The average molecular weight is 196 g/mol. The number of aromatic nitrogens is 2. The topological polar surface area (TPSA) is 28.7 Å². The van der Waals surface area contributed by atoms with E-state index in [1.54, 1.807) is 0 Å². The molecule has 0 aromatic carbocycles. The molecule has 1 heterocycles. The van der Waals surface area contributed by atoms with Crippen LogP contribution in [-0.2, 0) is 6.42 Å². The van der Waals surface area contributed by atoms with Crippen molar-refractivity contribution in [2.45, 2.75) is 40.0 Å². The van der Waals surface area contributed by atoms with Crippen LogP contribution < -0.4 is 0 Å². The van der Waals surface area contributed by atoms with Crippen LogP contribution in [0.1, 0.15) is 36.8 Å². The monoisotopic (exact) mass is 196 g/mol. The first-order chi connectivity index (χ1) is 6.15. The molecule has 0 atom stereocenters. The Bertz CT molecular complexity index is 341. The first-order valence-corrected chi connectivity index (χ1v) is 5.12. The van der Waals surface area contributed by atoms with Gasteiger partial charge in [0.15, 0.2) is 0 Å². The molecule has 0 unspecified atom stereocenters. The number of aromatic amines is 1. The van der Waals surface area contributed by atoms with Gasteiger partial charge in [0, 0.05) is 5.69 Å². The quantitative estimate of drug-likeness (QED) is 0.752. The second kappa shape index (κ2) is 4.51. The van der Waals surface area contributed by atoms with Gasteiger partial charge in [-0.3, -0.25) is 4.98 Å². The first-order valence-electron chi connectivity index (χ1n) is 4.71. The molecule has 0 saturated carbocycles. The van der Waals surface area contributed by atoms with Crippen LogP contribution in [0.2, 0.25) is 0 Å². The van der Waals surface area contributed by atoms with Crippen LogP contribution >= 0.6 is 12.2 Å². The summed E-state index contributed by atoms with van der Waals surface area (Å²) in [5.41, 5.74) is 3.17. The zero-order chi connectivity index (χ0) is 9.84. The number of nitrogens with one attached hydrogen (secondary N) is 1. The van der Waals surface area contributed by atoms with Gasteiger partial charge < -0.3 is 4.98 Å². The van der Waals surface area contributed by atoms with Gasteiger partial charge in [-0.2, -0.15) is 0 Å². The van der Waals surface area contributed by atoms with Crippen LogP contribution in [0.5, 0.6) is 0 Å². The summed E-state index contributed by atoms with van der Waals surface area (Å²) in [6, 6.07) is 0. The lowest BCUT2D eigenvalue weighted by molar-refractivity contribution is 0.762. The Morgan fingerprint density at radius 2 is 2.08 bits per heavy atom. The summed E-state index contributed by atoms with van der Waals surface area (Å²) in [6.45, 7) is 6.19. The number of unbranched alkanes of at least 4 members (excludes halogenated alkanes) is 1. The van der Waals surface area contributed by atoms with Gasteiger partial charge in [-0.05, 0) is 26.7 Å². The van der Waals surface area contributed by atoms with Gasteiger partial charge in [-0.1, -0.05) is 25.6 Å². The van der Waals surface area contributed by atoms with Crippen LogP contribution in [0.3, 0.4) is 0 Å². The molecule has 0 amide bonds. The molecule has 3 heteroatoms. The molecule has 0 fully saturated rings. The Kier molecular flexibility index (Phi) is 3.60. The molecule has 0 saturated heterocycles. The van der Waals surface area contributed by atoms with E-state index in [4.69, 9.17) is 12.2 Å². The standard InChI is InChI=1S/C10H16N2S/c1-4-5-6-9-10(13)12-8(3)7(2)11-9/h4-6H2,1-3H3,(H,12,13). The lowest BCUT2D eigenvalue weighted by atomic mass is 10.2. The third-order valence-electron chi connectivity index (χ3n) is 2.18. The van der Waals surface area contributed by atoms with Crippen LogP contribution in [0, 0.1) is 18.5 Å². The highest BCUT2D eigenvalue weighted by Crippen LogP contribution is 2.06. The normalized spacial score (nSPS) is 10.4. The van der Waals surface area contributed by atoms with Crippen molar-refractivity contribution >= 4 is 12.2 Å². The lowest BCUT2D eigenvalue weighted by Gasteiger charge is -2.04. The SMILES string of the molecule is CCCCc1nc(C)c(C)[nH]c1=S. The smallest absolute Gasteiger partial charge is 0.125 e. The van der Waals surface area contributed by atoms with Crippen molar-refractivity contribution in [3.8, 4) is 0 Å². The van der Waals surface area contributed by atoms with Crippen LogP contribution in [0.4, 0.5) is 0 Å². The van der Waals surface area contributed by atoms with Gasteiger partial charge in [0.05, 0.1) is 11.4 Å². The molecule has 0 radical (unpaired) electrons. The van der Waals surface area contributed by atoms with E-state index in [1.165, 1.54) is 6.42 Å². The maximum atomic E-state index is 5.19. The largest absolute Gasteiger partial charge is 0.347 e. The number of rotatable bonds is 3. The average Bonchev–Trinajstić information content (AvgIpc) is 2.09. The summed E-state index contributed by atoms with van der Waals surface area (Å²) in [6.07, 6.45) is 3.34. The molecule has 1 rings (SSSR count). The van der Waals surface area contributed by atoms with Crippen LogP contribution in [0.15, 0.2) is 0 Å². The highest BCUT2D eigenvalue weighted by atomic mass is 32.1. The Balaban J connectivity index is 2.95. The molecule has 72 valence electrons. The van der Waals surface area contributed by atoms with Gasteiger partial charge in [0.2, 0.25) is 0 Å². The van der Waals surface area contributed by atoms with E-state index in [1.807, 2.05) is 13.8 Å². The summed E-state index contributed by atoms with van der Waals surface area (Å²) in [7, 11) is 0. The van der Waals surface area contributed by atoms with Gasteiger partial charge in [0.25, 0.3) is 0 Å². The van der Waals surface area contributed by atoms with Gasteiger partial charge >= 0.3 is 0 Å². The lowest BCUT2D eigenvalue weighted by Crippen LogP contribution is -1.99.